The van der Waals surface area contributed by atoms with Crippen molar-refractivity contribution in [3.63, 3.8) is 0 Å². The molecule has 0 radical (unpaired) electrons. The third-order valence-corrected chi connectivity index (χ3v) is 3.43. The van der Waals surface area contributed by atoms with Crippen molar-refractivity contribution >= 4 is 11.9 Å². The minimum Gasteiger partial charge on any atom is -0.481 e. The summed E-state index contributed by atoms with van der Waals surface area (Å²) in [5.74, 6) is -0.735. The van der Waals surface area contributed by atoms with Crippen molar-refractivity contribution in [2.75, 3.05) is 0 Å². The number of amides is 1. The minimum absolute atomic E-state index is 0.0587. The quantitative estimate of drug-likeness (QED) is 0.819. The molecule has 6 nitrogen and oxygen atoms in total. The van der Waals surface area contributed by atoms with Gasteiger partial charge in [-0.1, -0.05) is 19.0 Å². The van der Waals surface area contributed by atoms with E-state index < -0.39 is 11.4 Å². The minimum atomic E-state index is -1.07. The van der Waals surface area contributed by atoms with Gasteiger partial charge >= 0.3 is 5.97 Å². The summed E-state index contributed by atoms with van der Waals surface area (Å²) in [4.78, 5) is 23.1. The Kier molecular flexibility index (Phi) is 4.69. The smallest absolute Gasteiger partial charge is 0.310 e. The third-order valence-electron chi connectivity index (χ3n) is 3.43. The number of carbonyl (C=O) groups excluding carboxylic acids is 1. The zero-order valence-electron chi connectivity index (χ0n) is 11.7. The SMILES string of the molecule is Cc1cc(CNC(=O)CC(C)(C(=O)O)C(C)C)no1. The van der Waals surface area contributed by atoms with Gasteiger partial charge in [-0.25, -0.2) is 0 Å². The lowest BCUT2D eigenvalue weighted by Crippen LogP contribution is -2.39. The van der Waals surface area contributed by atoms with Crippen LogP contribution in [0, 0.1) is 18.3 Å². The molecule has 2 N–H and O–H groups in total. The van der Waals surface area contributed by atoms with Gasteiger partial charge in [-0.2, -0.15) is 0 Å². The van der Waals surface area contributed by atoms with E-state index >= 15 is 0 Å². The van der Waals surface area contributed by atoms with Gasteiger partial charge in [0.1, 0.15) is 11.5 Å². The number of hydrogen-bond donors (Lipinski definition) is 2. The first-order valence-electron chi connectivity index (χ1n) is 6.18. The van der Waals surface area contributed by atoms with Crippen molar-refractivity contribution in [1.29, 1.82) is 0 Å². The van der Waals surface area contributed by atoms with E-state index in [1.807, 2.05) is 0 Å². The standard InChI is InChI=1S/C13H20N2O4/c1-8(2)13(4,12(17)18)6-11(16)14-7-10-5-9(3)19-15-10/h5,8H,6-7H2,1-4H3,(H,14,16)(H,17,18). The molecule has 0 saturated heterocycles. The summed E-state index contributed by atoms with van der Waals surface area (Å²) in [6, 6.07) is 1.72. The van der Waals surface area contributed by atoms with E-state index in [4.69, 9.17) is 4.52 Å². The van der Waals surface area contributed by atoms with Gasteiger partial charge in [-0.05, 0) is 19.8 Å². The average Bonchev–Trinajstić information content (AvgIpc) is 2.72. The zero-order valence-corrected chi connectivity index (χ0v) is 11.7. The molecule has 1 rings (SSSR count). The number of aliphatic carboxylic acids is 1. The van der Waals surface area contributed by atoms with Crippen molar-refractivity contribution in [2.45, 2.75) is 40.7 Å². The normalized spacial score (nSPS) is 14.2. The largest absolute Gasteiger partial charge is 0.481 e. The highest BCUT2D eigenvalue weighted by Gasteiger charge is 2.38. The lowest BCUT2D eigenvalue weighted by atomic mass is 9.76. The zero-order chi connectivity index (χ0) is 14.6. The lowest BCUT2D eigenvalue weighted by molar-refractivity contribution is -0.153. The van der Waals surface area contributed by atoms with Crippen LogP contribution < -0.4 is 5.32 Å². The molecule has 1 amide bonds. The fourth-order valence-corrected chi connectivity index (χ4v) is 1.61. The molecule has 6 heteroatoms. The fraction of sp³-hybridized carbons (Fsp3) is 0.615. The van der Waals surface area contributed by atoms with Crippen LogP contribution in [0.3, 0.4) is 0 Å². The highest BCUT2D eigenvalue weighted by Crippen LogP contribution is 2.31. The topological polar surface area (TPSA) is 92.4 Å². The summed E-state index contributed by atoms with van der Waals surface area (Å²) >= 11 is 0. The number of hydrogen-bond acceptors (Lipinski definition) is 4. The van der Waals surface area contributed by atoms with E-state index in [0.29, 0.717) is 11.5 Å². The number of nitrogens with zero attached hydrogens (tertiary/aromatic N) is 1. The maximum atomic E-state index is 11.8. The highest BCUT2D eigenvalue weighted by atomic mass is 16.5. The summed E-state index contributed by atoms with van der Waals surface area (Å²) in [6.45, 7) is 7.17. The van der Waals surface area contributed by atoms with E-state index in [1.54, 1.807) is 33.8 Å². The van der Waals surface area contributed by atoms with E-state index in [0.717, 1.165) is 0 Å². The van der Waals surface area contributed by atoms with Crippen LogP contribution in [0.25, 0.3) is 0 Å². The number of carboxylic acid groups (broad SMARTS) is 1. The molecule has 1 atom stereocenters. The summed E-state index contributed by atoms with van der Waals surface area (Å²) in [7, 11) is 0. The Labute approximate surface area is 112 Å². The van der Waals surface area contributed by atoms with Crippen LogP contribution in [0.1, 0.15) is 38.6 Å². The van der Waals surface area contributed by atoms with Gasteiger partial charge in [0.25, 0.3) is 0 Å². The summed E-state index contributed by atoms with van der Waals surface area (Å²) in [6.07, 6.45) is -0.0587. The Morgan fingerprint density at radius 1 is 1.53 bits per heavy atom. The molecule has 0 aliphatic carbocycles. The first kappa shape index (κ1) is 15.2. The molecule has 0 aromatic carbocycles. The Bertz CT molecular complexity index is 467. The van der Waals surface area contributed by atoms with Crippen LogP contribution in [0.15, 0.2) is 10.6 Å². The second kappa shape index (κ2) is 5.86. The maximum absolute atomic E-state index is 11.8. The van der Waals surface area contributed by atoms with Crippen LogP contribution in [0.4, 0.5) is 0 Å². The van der Waals surface area contributed by atoms with Gasteiger partial charge in [0.15, 0.2) is 0 Å². The van der Waals surface area contributed by atoms with E-state index in [9.17, 15) is 14.7 Å². The van der Waals surface area contributed by atoms with Gasteiger partial charge in [0.2, 0.25) is 5.91 Å². The molecule has 106 valence electrons. The molecule has 19 heavy (non-hydrogen) atoms. The molecule has 1 aromatic rings. The molecule has 0 bridgehead atoms. The third kappa shape index (κ3) is 3.81. The maximum Gasteiger partial charge on any atom is 0.310 e. The number of nitrogens with one attached hydrogen (secondary N) is 1. The van der Waals surface area contributed by atoms with E-state index in [2.05, 4.69) is 10.5 Å². The molecule has 0 saturated carbocycles. The van der Waals surface area contributed by atoms with Crippen LogP contribution in [0.5, 0.6) is 0 Å². The number of aromatic nitrogens is 1. The Morgan fingerprint density at radius 3 is 2.58 bits per heavy atom. The predicted molar refractivity (Wildman–Crippen MR) is 68.3 cm³/mol. The number of carboxylic acids is 1. The molecule has 0 aliphatic heterocycles. The second-order valence-corrected chi connectivity index (χ2v) is 5.26. The van der Waals surface area contributed by atoms with E-state index in [1.165, 1.54) is 0 Å². The van der Waals surface area contributed by atoms with Crippen LogP contribution in [-0.2, 0) is 16.1 Å². The Morgan fingerprint density at radius 2 is 2.16 bits per heavy atom. The van der Waals surface area contributed by atoms with Gasteiger partial charge in [-0.15, -0.1) is 0 Å². The first-order valence-corrected chi connectivity index (χ1v) is 6.18. The van der Waals surface area contributed by atoms with Crippen molar-refractivity contribution in [3.8, 4) is 0 Å². The fourth-order valence-electron chi connectivity index (χ4n) is 1.61. The van der Waals surface area contributed by atoms with E-state index in [-0.39, 0.29) is 24.8 Å². The van der Waals surface area contributed by atoms with Gasteiger partial charge in [0.05, 0.1) is 12.0 Å². The molecular weight excluding hydrogens is 248 g/mol. The van der Waals surface area contributed by atoms with Crippen molar-refractivity contribution < 1.29 is 19.2 Å². The Balaban J connectivity index is 2.57. The molecular formula is C13H20N2O4. The van der Waals surface area contributed by atoms with Crippen molar-refractivity contribution in [2.24, 2.45) is 11.3 Å². The second-order valence-electron chi connectivity index (χ2n) is 5.26. The monoisotopic (exact) mass is 268 g/mol. The molecule has 0 spiro atoms. The average molecular weight is 268 g/mol. The summed E-state index contributed by atoms with van der Waals surface area (Å²) in [5, 5.41) is 15.6. The van der Waals surface area contributed by atoms with Gasteiger partial charge < -0.3 is 14.9 Å². The summed E-state index contributed by atoms with van der Waals surface area (Å²) < 4.78 is 4.88. The molecule has 0 aliphatic rings. The highest BCUT2D eigenvalue weighted by molar-refractivity contribution is 5.84. The molecule has 1 unspecified atom stereocenters. The van der Waals surface area contributed by atoms with Crippen LogP contribution >= 0.6 is 0 Å². The van der Waals surface area contributed by atoms with Gasteiger partial charge in [0, 0.05) is 12.5 Å². The van der Waals surface area contributed by atoms with Crippen molar-refractivity contribution in [1.82, 2.24) is 10.5 Å². The first-order chi connectivity index (χ1) is 8.75. The van der Waals surface area contributed by atoms with Gasteiger partial charge in [-0.3, -0.25) is 9.59 Å². The summed E-state index contributed by atoms with van der Waals surface area (Å²) in [5.41, 5.74) is -0.448. The Hall–Kier alpha value is -1.85. The number of rotatable bonds is 6. The number of carbonyl (C=O) groups is 2. The number of aryl methyl sites for hydroxylation is 1. The van der Waals surface area contributed by atoms with Crippen molar-refractivity contribution in [3.05, 3.63) is 17.5 Å². The molecule has 1 heterocycles. The lowest BCUT2D eigenvalue weighted by Gasteiger charge is -2.28. The predicted octanol–water partition coefficient (Wildman–Crippen LogP) is 1.74. The molecule has 0 fully saturated rings. The van der Waals surface area contributed by atoms with Crippen LogP contribution in [-0.4, -0.2) is 22.1 Å². The van der Waals surface area contributed by atoms with Crippen LogP contribution in [0.2, 0.25) is 0 Å². The molecule has 1 aromatic heterocycles.